The van der Waals surface area contributed by atoms with Gasteiger partial charge in [0.1, 0.15) is 11.4 Å². The van der Waals surface area contributed by atoms with E-state index in [2.05, 4.69) is 0 Å². The summed E-state index contributed by atoms with van der Waals surface area (Å²) in [4.78, 5) is 11.9. The first-order valence-corrected chi connectivity index (χ1v) is 6.41. The number of hydrogen-bond acceptors (Lipinski definition) is 4. The highest BCUT2D eigenvalue weighted by Crippen LogP contribution is 2.25. The van der Waals surface area contributed by atoms with E-state index in [0.717, 1.165) is 0 Å². The minimum Gasteiger partial charge on any atom is -0.507 e. The lowest BCUT2D eigenvalue weighted by Gasteiger charge is -2.10. The first kappa shape index (κ1) is 14.9. The third-order valence-corrected chi connectivity index (χ3v) is 3.02. The van der Waals surface area contributed by atoms with Crippen LogP contribution in [0.25, 0.3) is 11.8 Å². The van der Waals surface area contributed by atoms with Crippen molar-refractivity contribution in [2.75, 3.05) is 7.11 Å². The fraction of sp³-hybridized carbons (Fsp3) is 0.0667. The number of nitrogens with zero attached hydrogens (tertiary/aromatic N) is 1. The monoisotopic (exact) mass is 304 g/mol. The molecule has 1 heterocycles. The molecule has 0 saturated heterocycles. The number of methoxy groups -OCH3 is 1. The lowest BCUT2D eigenvalue weighted by molar-refractivity contribution is -0.134. The highest BCUT2D eigenvalue weighted by molar-refractivity contribution is 6.30. The molecule has 2 rings (SSSR count). The van der Waals surface area contributed by atoms with Crippen LogP contribution < -0.4 is 5.36 Å². The van der Waals surface area contributed by atoms with E-state index in [9.17, 15) is 9.90 Å². The van der Waals surface area contributed by atoms with Crippen LogP contribution in [-0.4, -0.2) is 22.8 Å². The van der Waals surface area contributed by atoms with Crippen LogP contribution in [0, 0.1) is 5.41 Å². The number of phenols is 1. The molecule has 0 spiro atoms. The lowest BCUT2D eigenvalue weighted by Crippen LogP contribution is -2.12. The van der Waals surface area contributed by atoms with Crippen molar-refractivity contribution >= 4 is 29.3 Å². The Balaban J connectivity index is 2.57. The predicted molar refractivity (Wildman–Crippen MR) is 79.6 cm³/mol. The van der Waals surface area contributed by atoms with Gasteiger partial charge in [0, 0.05) is 23.0 Å². The Labute approximate surface area is 126 Å². The van der Waals surface area contributed by atoms with Crippen molar-refractivity contribution in [1.29, 1.82) is 5.41 Å². The predicted octanol–water partition coefficient (Wildman–Crippen LogP) is 2.50. The minimum absolute atomic E-state index is 0.00138. The Hall–Kier alpha value is -2.53. The number of rotatable bonds is 3. The van der Waals surface area contributed by atoms with E-state index in [1.165, 1.54) is 36.0 Å². The molecule has 5 nitrogen and oxygen atoms in total. The molecule has 21 heavy (non-hydrogen) atoms. The summed E-state index contributed by atoms with van der Waals surface area (Å²) < 4.78 is 6.25. The second-order valence-corrected chi connectivity index (χ2v) is 4.65. The molecular formula is C15H13ClN2O3. The van der Waals surface area contributed by atoms with Crippen molar-refractivity contribution in [2.45, 2.75) is 0 Å². The van der Waals surface area contributed by atoms with E-state index in [-0.39, 0.29) is 11.4 Å². The van der Waals surface area contributed by atoms with Gasteiger partial charge in [-0.3, -0.25) is 0 Å². The molecule has 0 aliphatic rings. The Bertz CT molecular complexity index is 745. The van der Waals surface area contributed by atoms with Crippen molar-refractivity contribution in [2.24, 2.45) is 0 Å². The highest BCUT2D eigenvalue weighted by atomic mass is 35.5. The lowest BCUT2D eigenvalue weighted by atomic mass is 10.1. The number of halogens is 1. The minimum atomic E-state index is -0.572. The van der Waals surface area contributed by atoms with Gasteiger partial charge in [-0.25, -0.2) is 4.79 Å². The zero-order valence-electron chi connectivity index (χ0n) is 11.2. The van der Waals surface area contributed by atoms with Crippen LogP contribution in [0.5, 0.6) is 5.75 Å². The maximum Gasteiger partial charge on any atom is 0.355 e. The number of benzene rings is 1. The molecule has 0 aliphatic carbocycles. The number of aromatic hydroxyl groups is 1. The molecule has 0 amide bonds. The van der Waals surface area contributed by atoms with Crippen LogP contribution in [-0.2, 0) is 9.53 Å². The van der Waals surface area contributed by atoms with Gasteiger partial charge < -0.3 is 19.8 Å². The highest BCUT2D eigenvalue weighted by Gasteiger charge is 2.12. The van der Waals surface area contributed by atoms with Gasteiger partial charge in [-0.2, -0.15) is 0 Å². The zero-order chi connectivity index (χ0) is 15.4. The molecular weight excluding hydrogens is 292 g/mol. The average Bonchev–Trinajstić information content (AvgIpc) is 2.48. The SMILES string of the molecule is COC(=O)/C(=C\c1cc(Cl)ccc1O)n1ccc(=N)cc1. The second-order valence-electron chi connectivity index (χ2n) is 4.22. The quantitative estimate of drug-likeness (QED) is 0.676. The van der Waals surface area contributed by atoms with Crippen molar-refractivity contribution in [3.8, 4) is 5.75 Å². The summed E-state index contributed by atoms with van der Waals surface area (Å²) in [5.41, 5.74) is 0.584. The Kier molecular flexibility index (Phi) is 4.45. The summed E-state index contributed by atoms with van der Waals surface area (Å²) in [5, 5.41) is 18.1. The zero-order valence-corrected chi connectivity index (χ0v) is 12.0. The standard InChI is InChI=1S/C15H13ClN2O3/c1-21-15(20)13(18-6-4-12(17)5-7-18)9-10-8-11(16)2-3-14(10)19/h2-9,17,19H,1H3/b13-9+. The van der Waals surface area contributed by atoms with Gasteiger partial charge in [0.25, 0.3) is 0 Å². The molecule has 0 bridgehead atoms. The third kappa shape index (κ3) is 3.52. The molecule has 0 atom stereocenters. The number of pyridine rings is 1. The fourth-order valence-corrected chi connectivity index (χ4v) is 1.90. The van der Waals surface area contributed by atoms with Crippen LogP contribution in [0.1, 0.15) is 5.56 Å². The summed E-state index contributed by atoms with van der Waals surface area (Å²) in [7, 11) is 1.27. The molecule has 0 saturated carbocycles. The molecule has 2 N–H and O–H groups in total. The van der Waals surface area contributed by atoms with Gasteiger partial charge >= 0.3 is 5.97 Å². The number of esters is 1. The van der Waals surface area contributed by atoms with Crippen molar-refractivity contribution in [3.05, 3.63) is 58.7 Å². The molecule has 1 aromatic heterocycles. The van der Waals surface area contributed by atoms with Crippen LogP contribution >= 0.6 is 11.6 Å². The van der Waals surface area contributed by atoms with E-state index >= 15 is 0 Å². The number of aromatic nitrogens is 1. The van der Waals surface area contributed by atoms with Gasteiger partial charge in [-0.1, -0.05) is 11.6 Å². The van der Waals surface area contributed by atoms with E-state index in [1.54, 1.807) is 24.5 Å². The van der Waals surface area contributed by atoms with Crippen molar-refractivity contribution in [1.82, 2.24) is 4.57 Å². The summed E-state index contributed by atoms with van der Waals surface area (Å²) >= 11 is 5.89. The molecule has 0 radical (unpaired) electrons. The summed E-state index contributed by atoms with van der Waals surface area (Å²) in [6.45, 7) is 0. The Morgan fingerprint density at radius 1 is 1.33 bits per heavy atom. The smallest absolute Gasteiger partial charge is 0.355 e. The summed E-state index contributed by atoms with van der Waals surface area (Å²) in [5.74, 6) is -0.573. The number of nitrogens with one attached hydrogen (secondary N) is 1. The third-order valence-electron chi connectivity index (χ3n) is 2.78. The molecule has 1 aromatic carbocycles. The largest absolute Gasteiger partial charge is 0.507 e. The number of phenolic OH excluding ortho intramolecular Hbond substituents is 1. The van der Waals surface area contributed by atoms with Gasteiger partial charge in [0.05, 0.1) is 12.5 Å². The molecule has 0 fully saturated rings. The second kappa shape index (κ2) is 6.28. The summed E-state index contributed by atoms with van der Waals surface area (Å²) in [6.07, 6.45) is 4.59. The van der Waals surface area contributed by atoms with Crippen LogP contribution in [0.2, 0.25) is 5.02 Å². The Morgan fingerprint density at radius 2 is 2.00 bits per heavy atom. The van der Waals surface area contributed by atoms with Gasteiger partial charge in [-0.15, -0.1) is 0 Å². The number of carbonyl (C=O) groups is 1. The van der Waals surface area contributed by atoms with E-state index in [1.807, 2.05) is 0 Å². The maximum atomic E-state index is 11.9. The number of carbonyl (C=O) groups excluding carboxylic acids is 1. The van der Waals surface area contributed by atoms with E-state index in [4.69, 9.17) is 21.7 Å². The molecule has 6 heteroatoms. The molecule has 2 aromatic rings. The summed E-state index contributed by atoms with van der Waals surface area (Å²) in [6, 6.07) is 7.61. The fourth-order valence-electron chi connectivity index (χ4n) is 1.72. The number of ether oxygens (including phenoxy) is 1. The van der Waals surface area contributed by atoms with Crippen LogP contribution in [0.3, 0.4) is 0 Å². The van der Waals surface area contributed by atoms with Gasteiger partial charge in [-0.05, 0) is 36.4 Å². The van der Waals surface area contributed by atoms with Crippen LogP contribution in [0.4, 0.5) is 0 Å². The Morgan fingerprint density at radius 3 is 2.62 bits per heavy atom. The van der Waals surface area contributed by atoms with Crippen molar-refractivity contribution in [3.63, 3.8) is 0 Å². The number of hydrogen-bond donors (Lipinski definition) is 2. The molecule has 0 aliphatic heterocycles. The topological polar surface area (TPSA) is 75.3 Å². The van der Waals surface area contributed by atoms with Gasteiger partial charge in [0.15, 0.2) is 0 Å². The first-order valence-electron chi connectivity index (χ1n) is 6.03. The molecule has 0 unspecified atom stereocenters. The normalized spacial score (nSPS) is 11.2. The van der Waals surface area contributed by atoms with Gasteiger partial charge in [0.2, 0.25) is 0 Å². The first-order chi connectivity index (χ1) is 10.0. The van der Waals surface area contributed by atoms with Crippen molar-refractivity contribution < 1.29 is 14.6 Å². The van der Waals surface area contributed by atoms with Crippen LogP contribution in [0.15, 0.2) is 42.7 Å². The molecule has 108 valence electrons. The van der Waals surface area contributed by atoms with E-state index in [0.29, 0.717) is 15.9 Å². The van der Waals surface area contributed by atoms with E-state index < -0.39 is 5.97 Å². The maximum absolute atomic E-state index is 11.9. The average molecular weight is 305 g/mol.